The number of ether oxygens (including phenoxy) is 1. The standard InChI is InChI=1S/C20H30N4O3/c25-18(13-16-5-2-1-3-6-16)23-15-19(26)22-14-17-7-4-8-21-20(17)24-9-11-27-12-10-24/h4,7-8,16H,1-3,5-6,9-15H2,(H,22,26)(H,23,25). The van der Waals surface area contributed by atoms with E-state index < -0.39 is 0 Å². The van der Waals surface area contributed by atoms with Crippen molar-refractivity contribution in [2.24, 2.45) is 5.92 Å². The molecule has 0 unspecified atom stereocenters. The SMILES string of the molecule is O=C(CNC(=O)CC1CCCCC1)NCc1cccnc1N1CCOCC1. The zero-order chi connectivity index (χ0) is 18.9. The Hall–Kier alpha value is -2.15. The fourth-order valence-electron chi connectivity index (χ4n) is 3.79. The molecule has 27 heavy (non-hydrogen) atoms. The van der Waals surface area contributed by atoms with Crippen LogP contribution in [-0.4, -0.2) is 49.6 Å². The van der Waals surface area contributed by atoms with Crippen molar-refractivity contribution in [3.63, 3.8) is 0 Å². The van der Waals surface area contributed by atoms with Crippen molar-refractivity contribution in [2.75, 3.05) is 37.7 Å². The van der Waals surface area contributed by atoms with Crippen LogP contribution in [0.15, 0.2) is 18.3 Å². The largest absolute Gasteiger partial charge is 0.378 e. The van der Waals surface area contributed by atoms with Crippen molar-refractivity contribution >= 4 is 17.6 Å². The van der Waals surface area contributed by atoms with E-state index in [0.717, 1.165) is 37.3 Å². The second kappa shape index (κ2) is 10.3. The average Bonchev–Trinajstić information content (AvgIpc) is 2.72. The number of carbonyl (C=O) groups is 2. The van der Waals surface area contributed by atoms with E-state index in [2.05, 4.69) is 20.5 Å². The lowest BCUT2D eigenvalue weighted by molar-refractivity contribution is -0.126. The van der Waals surface area contributed by atoms with Gasteiger partial charge in [0.25, 0.3) is 0 Å². The van der Waals surface area contributed by atoms with E-state index in [1.807, 2.05) is 12.1 Å². The van der Waals surface area contributed by atoms with Crippen LogP contribution >= 0.6 is 0 Å². The Labute approximate surface area is 160 Å². The molecule has 1 aromatic heterocycles. The van der Waals surface area contributed by atoms with Gasteiger partial charge in [0.1, 0.15) is 5.82 Å². The molecule has 0 aromatic carbocycles. The maximum absolute atomic E-state index is 12.1. The van der Waals surface area contributed by atoms with E-state index in [1.165, 1.54) is 19.3 Å². The summed E-state index contributed by atoms with van der Waals surface area (Å²) in [6.45, 7) is 3.41. The first-order chi connectivity index (χ1) is 13.2. The molecule has 2 heterocycles. The van der Waals surface area contributed by atoms with Gasteiger partial charge < -0.3 is 20.3 Å². The lowest BCUT2D eigenvalue weighted by atomic mass is 9.87. The number of anilines is 1. The molecular formula is C20H30N4O3. The van der Waals surface area contributed by atoms with Gasteiger partial charge in [-0.1, -0.05) is 25.3 Å². The molecule has 1 saturated carbocycles. The zero-order valence-electron chi connectivity index (χ0n) is 15.9. The van der Waals surface area contributed by atoms with E-state index in [1.54, 1.807) is 6.20 Å². The Balaban J connectivity index is 1.42. The topological polar surface area (TPSA) is 83.6 Å². The molecule has 2 aliphatic rings. The van der Waals surface area contributed by atoms with Gasteiger partial charge in [-0.15, -0.1) is 0 Å². The monoisotopic (exact) mass is 374 g/mol. The van der Waals surface area contributed by atoms with Gasteiger partial charge in [0.2, 0.25) is 11.8 Å². The molecule has 0 bridgehead atoms. The van der Waals surface area contributed by atoms with Crippen LogP contribution in [0.3, 0.4) is 0 Å². The van der Waals surface area contributed by atoms with Crippen molar-refractivity contribution < 1.29 is 14.3 Å². The van der Waals surface area contributed by atoms with Gasteiger partial charge in [-0.25, -0.2) is 4.98 Å². The predicted molar refractivity (Wildman–Crippen MR) is 103 cm³/mol. The fourth-order valence-corrected chi connectivity index (χ4v) is 3.79. The summed E-state index contributed by atoms with van der Waals surface area (Å²) in [5.74, 6) is 1.17. The highest BCUT2D eigenvalue weighted by molar-refractivity contribution is 5.84. The molecule has 3 rings (SSSR count). The molecule has 0 spiro atoms. The molecule has 0 radical (unpaired) electrons. The van der Waals surface area contributed by atoms with Gasteiger partial charge in [0.05, 0.1) is 19.8 Å². The first kappa shape index (κ1) is 19.6. The maximum atomic E-state index is 12.1. The number of aromatic nitrogens is 1. The Morgan fingerprint density at radius 2 is 1.89 bits per heavy atom. The Morgan fingerprint density at radius 3 is 2.67 bits per heavy atom. The Kier molecular flexibility index (Phi) is 7.45. The molecule has 148 valence electrons. The molecule has 0 atom stereocenters. The minimum atomic E-state index is -0.177. The molecule has 7 nitrogen and oxygen atoms in total. The predicted octanol–water partition coefficient (Wildman–Crippen LogP) is 1.62. The summed E-state index contributed by atoms with van der Waals surface area (Å²) in [4.78, 5) is 30.8. The molecule has 2 fully saturated rings. The summed E-state index contributed by atoms with van der Waals surface area (Å²) in [5, 5.41) is 5.64. The summed E-state index contributed by atoms with van der Waals surface area (Å²) >= 11 is 0. The summed E-state index contributed by atoms with van der Waals surface area (Å²) in [5.41, 5.74) is 0.973. The number of nitrogens with zero attached hydrogens (tertiary/aromatic N) is 2. The number of morpholine rings is 1. The highest BCUT2D eigenvalue weighted by Gasteiger charge is 2.18. The second-order valence-electron chi connectivity index (χ2n) is 7.35. The number of carbonyl (C=O) groups excluding carboxylic acids is 2. The van der Waals surface area contributed by atoms with Crippen molar-refractivity contribution in [3.8, 4) is 0 Å². The lowest BCUT2D eigenvalue weighted by Crippen LogP contribution is -2.39. The number of nitrogens with one attached hydrogen (secondary N) is 2. The zero-order valence-corrected chi connectivity index (χ0v) is 15.9. The van der Waals surface area contributed by atoms with E-state index in [9.17, 15) is 9.59 Å². The number of rotatable bonds is 7. The van der Waals surface area contributed by atoms with Crippen molar-refractivity contribution in [1.29, 1.82) is 0 Å². The highest BCUT2D eigenvalue weighted by Crippen LogP contribution is 2.26. The smallest absolute Gasteiger partial charge is 0.239 e. The molecule has 7 heteroatoms. The Morgan fingerprint density at radius 1 is 1.11 bits per heavy atom. The number of hydrogen-bond donors (Lipinski definition) is 2. The fraction of sp³-hybridized carbons (Fsp3) is 0.650. The third kappa shape index (κ3) is 6.20. The summed E-state index contributed by atoms with van der Waals surface area (Å²) in [6, 6.07) is 3.84. The van der Waals surface area contributed by atoms with Gasteiger partial charge in [-0.2, -0.15) is 0 Å². The van der Waals surface area contributed by atoms with E-state index in [0.29, 0.717) is 32.1 Å². The first-order valence-corrected chi connectivity index (χ1v) is 10.0. The van der Waals surface area contributed by atoms with Crippen LogP contribution in [-0.2, 0) is 20.9 Å². The van der Waals surface area contributed by atoms with Crippen LogP contribution in [0.5, 0.6) is 0 Å². The van der Waals surface area contributed by atoms with E-state index >= 15 is 0 Å². The van der Waals surface area contributed by atoms with Gasteiger partial charge in [-0.05, 0) is 24.8 Å². The third-order valence-corrected chi connectivity index (χ3v) is 5.30. The maximum Gasteiger partial charge on any atom is 0.239 e. The van der Waals surface area contributed by atoms with E-state index in [-0.39, 0.29) is 18.4 Å². The van der Waals surface area contributed by atoms with Crippen LogP contribution in [0, 0.1) is 5.92 Å². The van der Waals surface area contributed by atoms with Crippen LogP contribution in [0.25, 0.3) is 0 Å². The number of amides is 2. The van der Waals surface area contributed by atoms with Crippen LogP contribution in [0.2, 0.25) is 0 Å². The van der Waals surface area contributed by atoms with Gasteiger partial charge >= 0.3 is 0 Å². The van der Waals surface area contributed by atoms with Crippen LogP contribution in [0.4, 0.5) is 5.82 Å². The highest BCUT2D eigenvalue weighted by atomic mass is 16.5. The van der Waals surface area contributed by atoms with Gasteiger partial charge in [-0.3, -0.25) is 9.59 Å². The van der Waals surface area contributed by atoms with Crippen molar-refractivity contribution in [1.82, 2.24) is 15.6 Å². The minimum absolute atomic E-state index is 0.0209. The summed E-state index contributed by atoms with van der Waals surface area (Å²) in [7, 11) is 0. The summed E-state index contributed by atoms with van der Waals surface area (Å²) < 4.78 is 5.39. The molecule has 1 saturated heterocycles. The average molecular weight is 374 g/mol. The summed E-state index contributed by atoms with van der Waals surface area (Å²) in [6.07, 6.45) is 8.28. The Bertz CT molecular complexity index is 625. The first-order valence-electron chi connectivity index (χ1n) is 10.0. The normalized spacial score (nSPS) is 18.1. The lowest BCUT2D eigenvalue weighted by Gasteiger charge is -2.29. The minimum Gasteiger partial charge on any atom is -0.378 e. The van der Waals surface area contributed by atoms with Crippen molar-refractivity contribution in [3.05, 3.63) is 23.9 Å². The van der Waals surface area contributed by atoms with Crippen molar-refractivity contribution in [2.45, 2.75) is 45.1 Å². The third-order valence-electron chi connectivity index (χ3n) is 5.30. The molecule has 1 aliphatic heterocycles. The quantitative estimate of drug-likeness (QED) is 0.758. The van der Waals surface area contributed by atoms with Gasteiger partial charge in [0.15, 0.2) is 0 Å². The molecular weight excluding hydrogens is 344 g/mol. The van der Waals surface area contributed by atoms with E-state index in [4.69, 9.17) is 4.74 Å². The second-order valence-corrected chi connectivity index (χ2v) is 7.35. The number of hydrogen-bond acceptors (Lipinski definition) is 5. The van der Waals surface area contributed by atoms with Crippen LogP contribution < -0.4 is 15.5 Å². The van der Waals surface area contributed by atoms with Crippen LogP contribution in [0.1, 0.15) is 44.1 Å². The molecule has 1 aromatic rings. The number of pyridine rings is 1. The molecule has 1 aliphatic carbocycles. The van der Waals surface area contributed by atoms with Gasteiger partial charge in [0, 0.05) is 37.8 Å². The molecule has 2 amide bonds. The molecule has 2 N–H and O–H groups in total.